The minimum atomic E-state index is -0.115. The van der Waals surface area contributed by atoms with Gasteiger partial charge in [0, 0.05) is 20.3 Å². The molecule has 0 aromatic heterocycles. The molecule has 1 nitrogen and oxygen atoms in total. The topological polar surface area (TPSA) is 4.36 Å². The molecular weight excluding hydrogens is 110 g/mol. The van der Waals surface area contributed by atoms with Crippen LogP contribution in [0.1, 0.15) is 40.0 Å². The van der Waals surface area contributed by atoms with Gasteiger partial charge in [-0.2, -0.15) is 0 Å². The highest BCUT2D eigenvalue weighted by Crippen LogP contribution is 2.16. The minimum absolute atomic E-state index is 0.115. The highest BCUT2D eigenvalue weighted by Gasteiger charge is 2.20. The molecule has 0 bridgehead atoms. The summed E-state index contributed by atoms with van der Waals surface area (Å²) in [5, 5.41) is 0. The van der Waals surface area contributed by atoms with Crippen LogP contribution in [0.15, 0.2) is 0 Å². The molecule has 0 saturated heterocycles. The number of hydrogen-bond donors (Lipinski definition) is 0. The molecule has 1 heteroatoms. The van der Waals surface area contributed by atoms with E-state index in [9.17, 15) is 0 Å². The van der Waals surface area contributed by atoms with Gasteiger partial charge in [0.15, 0.2) is 0 Å². The highest BCUT2D eigenvalue weighted by atomic mass is 14.8. The van der Waals surface area contributed by atoms with E-state index >= 15 is 0 Å². The van der Waals surface area contributed by atoms with E-state index in [1.54, 1.807) is 0 Å². The number of unbranched alkanes of at least 4 members (excludes halogenated alkanes) is 1. The molecule has 0 spiro atoms. The van der Waals surface area contributed by atoms with Crippen molar-refractivity contribution in [2.24, 2.45) is 0 Å². The first kappa shape index (κ1) is 8.49. The smallest absolute Gasteiger partial charge is 0.227 e. The Morgan fingerprint density at radius 1 is 1.44 bits per heavy atom. The van der Waals surface area contributed by atoms with Crippen molar-refractivity contribution in [1.82, 2.24) is 0 Å². The van der Waals surface area contributed by atoms with Crippen LogP contribution >= 0.6 is 0 Å². The molecule has 0 aliphatic rings. The summed E-state index contributed by atoms with van der Waals surface area (Å²) in [7, 11) is 0. The first-order chi connectivity index (χ1) is 4.12. The lowest BCUT2D eigenvalue weighted by atomic mass is 9.99. The average Bonchev–Trinajstić information content (AvgIpc) is 1.84. The van der Waals surface area contributed by atoms with Gasteiger partial charge in [-0.05, 0) is 6.42 Å². The van der Waals surface area contributed by atoms with Gasteiger partial charge >= 0.3 is 0 Å². The lowest BCUT2D eigenvalue weighted by Crippen LogP contribution is -2.12. The second-order valence-electron chi connectivity index (χ2n) is 3.03. The molecule has 0 unspecified atom stereocenters. The van der Waals surface area contributed by atoms with E-state index in [0.717, 1.165) is 6.42 Å². The fourth-order valence-electron chi connectivity index (χ4n) is 0.665. The van der Waals surface area contributed by atoms with E-state index in [1.807, 2.05) is 13.8 Å². The summed E-state index contributed by atoms with van der Waals surface area (Å²) in [6, 6.07) is 0. The van der Waals surface area contributed by atoms with Gasteiger partial charge in [0.2, 0.25) is 5.54 Å². The summed E-state index contributed by atoms with van der Waals surface area (Å²) >= 11 is 0. The third-order valence-corrected chi connectivity index (χ3v) is 1.44. The lowest BCUT2D eigenvalue weighted by molar-refractivity contribution is 0.526. The number of rotatable bonds is 3. The SMILES string of the molecule is [C-]#[N+]C(C)(C)CCCC. The summed E-state index contributed by atoms with van der Waals surface area (Å²) in [6.07, 6.45) is 3.40. The molecule has 0 rings (SSSR count). The summed E-state index contributed by atoms with van der Waals surface area (Å²) < 4.78 is 0. The average molecular weight is 125 g/mol. The molecule has 0 aromatic carbocycles. The summed E-state index contributed by atoms with van der Waals surface area (Å²) in [5.41, 5.74) is -0.115. The predicted octanol–water partition coefficient (Wildman–Crippen LogP) is 2.87. The van der Waals surface area contributed by atoms with E-state index < -0.39 is 0 Å². The van der Waals surface area contributed by atoms with Crippen LogP contribution in [0.2, 0.25) is 0 Å². The molecule has 52 valence electrons. The molecule has 0 aliphatic carbocycles. The molecule has 0 saturated carbocycles. The van der Waals surface area contributed by atoms with E-state index in [1.165, 1.54) is 12.8 Å². The monoisotopic (exact) mass is 125 g/mol. The highest BCUT2D eigenvalue weighted by molar-refractivity contribution is 4.88. The van der Waals surface area contributed by atoms with Gasteiger partial charge in [-0.25, -0.2) is 6.57 Å². The quantitative estimate of drug-likeness (QED) is 0.511. The van der Waals surface area contributed by atoms with Crippen molar-refractivity contribution in [2.45, 2.75) is 45.6 Å². The molecule has 0 fully saturated rings. The fourth-order valence-corrected chi connectivity index (χ4v) is 0.665. The maximum absolute atomic E-state index is 6.81. The van der Waals surface area contributed by atoms with Crippen LogP contribution in [0.3, 0.4) is 0 Å². The van der Waals surface area contributed by atoms with Crippen LogP contribution in [0.4, 0.5) is 0 Å². The minimum Gasteiger partial charge on any atom is -0.311 e. The van der Waals surface area contributed by atoms with Gasteiger partial charge in [0.05, 0.1) is 0 Å². The van der Waals surface area contributed by atoms with Crippen LogP contribution in [0.5, 0.6) is 0 Å². The summed E-state index contributed by atoms with van der Waals surface area (Å²) in [4.78, 5) is 3.51. The summed E-state index contributed by atoms with van der Waals surface area (Å²) in [5.74, 6) is 0. The first-order valence-corrected chi connectivity index (χ1v) is 3.51. The van der Waals surface area contributed by atoms with Crippen molar-refractivity contribution in [3.63, 3.8) is 0 Å². The molecule has 0 N–H and O–H groups in total. The standard InChI is InChI=1S/C8H15N/c1-5-6-7-8(2,3)9-4/h5-7H2,1-3H3. The van der Waals surface area contributed by atoms with Crippen molar-refractivity contribution in [2.75, 3.05) is 0 Å². The molecule has 0 atom stereocenters. The Bertz CT molecular complexity index is 108. The fraction of sp³-hybridized carbons (Fsp3) is 0.875. The third-order valence-electron chi connectivity index (χ3n) is 1.44. The van der Waals surface area contributed by atoms with Crippen LogP contribution in [-0.4, -0.2) is 5.54 Å². The first-order valence-electron chi connectivity index (χ1n) is 3.51. The van der Waals surface area contributed by atoms with Gasteiger partial charge in [-0.3, -0.25) is 0 Å². The van der Waals surface area contributed by atoms with Gasteiger partial charge in [0.25, 0.3) is 0 Å². The van der Waals surface area contributed by atoms with Crippen LogP contribution in [-0.2, 0) is 0 Å². The second-order valence-corrected chi connectivity index (χ2v) is 3.03. The molecule has 0 radical (unpaired) electrons. The largest absolute Gasteiger partial charge is 0.311 e. The Hall–Kier alpha value is -0.510. The van der Waals surface area contributed by atoms with Crippen molar-refractivity contribution >= 4 is 0 Å². The molecular formula is C8H15N. The summed E-state index contributed by atoms with van der Waals surface area (Å²) in [6.45, 7) is 13.0. The molecule has 0 amide bonds. The zero-order valence-electron chi connectivity index (χ0n) is 6.57. The van der Waals surface area contributed by atoms with E-state index in [0.29, 0.717) is 0 Å². The third kappa shape index (κ3) is 4.02. The Morgan fingerprint density at radius 2 is 2.00 bits per heavy atom. The molecule has 0 heterocycles. The second kappa shape index (κ2) is 3.50. The molecule has 0 aliphatic heterocycles. The van der Waals surface area contributed by atoms with Crippen molar-refractivity contribution in [3.8, 4) is 0 Å². The van der Waals surface area contributed by atoms with Crippen molar-refractivity contribution in [1.29, 1.82) is 0 Å². The van der Waals surface area contributed by atoms with Crippen LogP contribution in [0, 0.1) is 6.57 Å². The molecule has 9 heavy (non-hydrogen) atoms. The Balaban J connectivity index is 3.49. The van der Waals surface area contributed by atoms with Gasteiger partial charge < -0.3 is 4.85 Å². The van der Waals surface area contributed by atoms with E-state index in [-0.39, 0.29) is 5.54 Å². The number of hydrogen-bond acceptors (Lipinski definition) is 0. The predicted molar refractivity (Wildman–Crippen MR) is 40.2 cm³/mol. The number of nitrogens with zero attached hydrogens (tertiary/aromatic N) is 1. The Labute approximate surface area is 57.9 Å². The zero-order valence-corrected chi connectivity index (χ0v) is 6.57. The Morgan fingerprint density at radius 3 is 2.33 bits per heavy atom. The van der Waals surface area contributed by atoms with Gasteiger partial charge in [-0.1, -0.05) is 13.3 Å². The van der Waals surface area contributed by atoms with Gasteiger partial charge in [0.1, 0.15) is 0 Å². The molecule has 0 aromatic rings. The lowest BCUT2D eigenvalue weighted by Gasteiger charge is -2.08. The van der Waals surface area contributed by atoms with E-state index in [4.69, 9.17) is 6.57 Å². The Kier molecular flexibility index (Phi) is 3.30. The zero-order chi connectivity index (χ0) is 7.33. The van der Waals surface area contributed by atoms with Gasteiger partial charge in [-0.15, -0.1) is 0 Å². The van der Waals surface area contributed by atoms with Crippen LogP contribution < -0.4 is 0 Å². The van der Waals surface area contributed by atoms with Crippen molar-refractivity contribution in [3.05, 3.63) is 11.4 Å². The van der Waals surface area contributed by atoms with Crippen LogP contribution in [0.25, 0.3) is 4.85 Å². The normalized spacial score (nSPS) is 10.9. The maximum atomic E-state index is 6.81. The maximum Gasteiger partial charge on any atom is 0.227 e. The van der Waals surface area contributed by atoms with E-state index in [2.05, 4.69) is 11.8 Å². The van der Waals surface area contributed by atoms with Crippen molar-refractivity contribution < 1.29 is 0 Å².